The zero-order valence-corrected chi connectivity index (χ0v) is 11.3. The first-order valence-corrected chi connectivity index (χ1v) is 6.71. The Morgan fingerprint density at radius 2 is 1.93 bits per heavy atom. The van der Waals surface area contributed by atoms with Gasteiger partial charge in [-0.15, -0.1) is 0 Å². The van der Waals surface area contributed by atoms with Crippen molar-refractivity contribution in [2.75, 3.05) is 5.33 Å². The van der Waals surface area contributed by atoms with E-state index in [0.29, 0.717) is 22.1 Å². The Hall–Kier alpha value is 0.140. The predicted octanol–water partition coefficient (Wildman–Crippen LogP) is 3.74. The summed E-state index contributed by atoms with van der Waals surface area (Å²) < 4.78 is 0. The van der Waals surface area contributed by atoms with Gasteiger partial charge in [-0.05, 0) is 11.1 Å². The molecule has 1 aromatic carbocycles. The van der Waals surface area contributed by atoms with E-state index >= 15 is 0 Å². The van der Waals surface area contributed by atoms with E-state index in [0.717, 1.165) is 11.1 Å². The molecular weight excluding hydrogens is 331 g/mol. The molecule has 4 heteroatoms. The average Bonchev–Trinajstić information content (AvgIpc) is 2.21. The molecule has 1 rings (SSSR count). The van der Waals surface area contributed by atoms with Crippen molar-refractivity contribution in [3.05, 3.63) is 34.3 Å². The molecule has 0 spiro atoms. The fourth-order valence-electron chi connectivity index (χ4n) is 1.13. The quantitative estimate of drug-likeness (QED) is 0.763. The van der Waals surface area contributed by atoms with Crippen LogP contribution in [0.4, 0.5) is 0 Å². The minimum atomic E-state index is 0.138. The summed E-state index contributed by atoms with van der Waals surface area (Å²) in [6.45, 7) is 0. The molecule has 0 saturated heterocycles. The third kappa shape index (κ3) is 3.07. The van der Waals surface area contributed by atoms with Crippen LogP contribution >= 0.6 is 43.5 Å². The number of carbonyl (C=O) groups is 1. The second-order valence-corrected chi connectivity index (χ2v) is 4.37. The van der Waals surface area contributed by atoms with E-state index in [9.17, 15) is 4.79 Å². The lowest BCUT2D eigenvalue weighted by Crippen LogP contribution is -2.04. The molecule has 0 heterocycles. The van der Waals surface area contributed by atoms with Crippen molar-refractivity contribution in [2.24, 2.45) is 0 Å². The largest absolute Gasteiger partial charge is 0.298 e. The van der Waals surface area contributed by atoms with Gasteiger partial charge in [-0.25, -0.2) is 0 Å². The van der Waals surface area contributed by atoms with Crippen LogP contribution in [0.2, 0.25) is 5.02 Å². The van der Waals surface area contributed by atoms with Gasteiger partial charge in [0.25, 0.3) is 0 Å². The van der Waals surface area contributed by atoms with Gasteiger partial charge in [-0.1, -0.05) is 61.7 Å². The highest BCUT2D eigenvalue weighted by Gasteiger charge is 2.08. The Labute approximate surface area is 105 Å². The summed E-state index contributed by atoms with van der Waals surface area (Å²) in [6.07, 6.45) is 0.394. The van der Waals surface area contributed by atoms with Crippen molar-refractivity contribution < 1.29 is 4.79 Å². The van der Waals surface area contributed by atoms with Gasteiger partial charge < -0.3 is 0 Å². The van der Waals surface area contributed by atoms with Gasteiger partial charge in [0.1, 0.15) is 5.78 Å². The van der Waals surface area contributed by atoms with Gasteiger partial charge in [-0.2, -0.15) is 0 Å². The third-order valence-corrected chi connectivity index (χ3v) is 3.55. The van der Waals surface area contributed by atoms with E-state index < -0.39 is 0 Å². The summed E-state index contributed by atoms with van der Waals surface area (Å²) in [5.41, 5.74) is 1.92. The maximum atomic E-state index is 11.2. The lowest BCUT2D eigenvalue weighted by Gasteiger charge is -2.05. The minimum Gasteiger partial charge on any atom is -0.298 e. The first kappa shape index (κ1) is 12.2. The number of rotatable bonds is 4. The van der Waals surface area contributed by atoms with E-state index in [2.05, 4.69) is 31.9 Å². The summed E-state index contributed by atoms with van der Waals surface area (Å²) >= 11 is 12.6. The molecule has 0 aliphatic rings. The van der Waals surface area contributed by atoms with E-state index in [1.807, 2.05) is 18.2 Å². The van der Waals surface area contributed by atoms with Gasteiger partial charge in [0.15, 0.2) is 0 Å². The molecule has 0 amide bonds. The second-order valence-electron chi connectivity index (χ2n) is 2.87. The van der Waals surface area contributed by atoms with Gasteiger partial charge >= 0.3 is 0 Å². The molecular formula is C10H9Br2ClO. The molecule has 1 nitrogen and oxygen atoms in total. The van der Waals surface area contributed by atoms with E-state index in [1.54, 1.807) is 0 Å². The summed E-state index contributed by atoms with van der Waals surface area (Å²) in [5, 5.41) is 1.78. The number of hydrogen-bond donors (Lipinski definition) is 0. The number of alkyl halides is 2. The average molecular weight is 340 g/mol. The van der Waals surface area contributed by atoms with Crippen molar-refractivity contribution in [3.63, 3.8) is 0 Å². The van der Waals surface area contributed by atoms with Crippen LogP contribution in [0.5, 0.6) is 0 Å². The monoisotopic (exact) mass is 338 g/mol. The van der Waals surface area contributed by atoms with Crippen LogP contribution in [0.1, 0.15) is 11.1 Å². The van der Waals surface area contributed by atoms with Crippen LogP contribution in [0.3, 0.4) is 0 Å². The summed E-state index contributed by atoms with van der Waals surface area (Å²) in [4.78, 5) is 11.2. The number of ketones is 1. The van der Waals surface area contributed by atoms with Crippen LogP contribution in [-0.4, -0.2) is 11.1 Å². The number of hydrogen-bond acceptors (Lipinski definition) is 1. The highest BCUT2D eigenvalue weighted by molar-refractivity contribution is 9.09. The molecule has 1 aromatic rings. The third-order valence-electron chi connectivity index (χ3n) is 1.84. The first-order valence-electron chi connectivity index (χ1n) is 4.09. The highest BCUT2D eigenvalue weighted by atomic mass is 79.9. The molecule has 0 fully saturated rings. The van der Waals surface area contributed by atoms with Crippen molar-refractivity contribution in [2.45, 2.75) is 11.8 Å². The maximum Gasteiger partial charge on any atom is 0.147 e. The Kier molecular flexibility index (Phi) is 5.13. The molecule has 0 aliphatic carbocycles. The van der Waals surface area contributed by atoms with E-state index in [-0.39, 0.29) is 5.78 Å². The summed E-state index contributed by atoms with van der Waals surface area (Å²) in [6, 6.07) is 5.74. The molecule has 0 aliphatic heterocycles. The molecule has 76 valence electrons. The van der Waals surface area contributed by atoms with Gasteiger partial charge in [0.05, 0.1) is 5.33 Å². The zero-order valence-electron chi connectivity index (χ0n) is 7.40. The minimum absolute atomic E-state index is 0.138. The van der Waals surface area contributed by atoms with Crippen LogP contribution < -0.4 is 0 Å². The maximum absolute atomic E-state index is 11.2. The SMILES string of the molecule is O=C(CBr)Cc1cccc(CBr)c1Cl. The van der Waals surface area contributed by atoms with E-state index in [1.165, 1.54) is 0 Å². The fraction of sp³-hybridized carbons (Fsp3) is 0.300. The molecule has 0 atom stereocenters. The molecule has 0 aromatic heterocycles. The number of Topliss-reactive ketones (excluding diaryl/α,β-unsaturated/α-hetero) is 1. The number of carbonyl (C=O) groups excluding carboxylic acids is 1. The van der Waals surface area contributed by atoms with Crippen molar-refractivity contribution in [1.29, 1.82) is 0 Å². The lowest BCUT2D eigenvalue weighted by atomic mass is 10.1. The molecule has 0 radical (unpaired) electrons. The van der Waals surface area contributed by atoms with Gasteiger partial charge in [-0.3, -0.25) is 4.79 Å². The Morgan fingerprint density at radius 3 is 2.50 bits per heavy atom. The Bertz CT molecular complexity index is 339. The van der Waals surface area contributed by atoms with Crippen LogP contribution in [0, 0.1) is 0 Å². The predicted molar refractivity (Wildman–Crippen MR) is 66.6 cm³/mol. The number of benzene rings is 1. The number of halogens is 3. The van der Waals surface area contributed by atoms with Crippen molar-refractivity contribution in [1.82, 2.24) is 0 Å². The molecule has 0 bridgehead atoms. The molecule has 0 N–H and O–H groups in total. The standard InChI is InChI=1S/C10H9Br2ClO/c11-5-8-3-1-2-7(10(8)13)4-9(14)6-12/h1-3H,4-6H2. The normalized spacial score (nSPS) is 10.2. The van der Waals surface area contributed by atoms with Gasteiger partial charge in [0.2, 0.25) is 0 Å². The highest BCUT2D eigenvalue weighted by Crippen LogP contribution is 2.23. The van der Waals surface area contributed by atoms with Crippen molar-refractivity contribution >= 4 is 49.2 Å². The summed E-state index contributed by atoms with van der Waals surface area (Å²) in [7, 11) is 0. The topological polar surface area (TPSA) is 17.1 Å². The van der Waals surface area contributed by atoms with Crippen LogP contribution in [0.25, 0.3) is 0 Å². The molecule has 0 saturated carbocycles. The first-order chi connectivity index (χ1) is 6.69. The van der Waals surface area contributed by atoms with E-state index in [4.69, 9.17) is 11.6 Å². The lowest BCUT2D eigenvalue weighted by molar-refractivity contribution is -0.115. The smallest absolute Gasteiger partial charge is 0.147 e. The molecule has 0 unspecified atom stereocenters. The second kappa shape index (κ2) is 5.89. The summed E-state index contributed by atoms with van der Waals surface area (Å²) in [5.74, 6) is 0.138. The Morgan fingerprint density at radius 1 is 1.29 bits per heavy atom. The fourth-order valence-corrected chi connectivity index (χ4v) is 2.22. The zero-order chi connectivity index (χ0) is 10.6. The van der Waals surface area contributed by atoms with Gasteiger partial charge in [0, 0.05) is 16.8 Å². The Balaban J connectivity index is 2.92. The van der Waals surface area contributed by atoms with Crippen molar-refractivity contribution in [3.8, 4) is 0 Å². The van der Waals surface area contributed by atoms with Crippen LogP contribution in [-0.2, 0) is 16.5 Å². The van der Waals surface area contributed by atoms with Crippen LogP contribution in [0.15, 0.2) is 18.2 Å². The molecule has 14 heavy (non-hydrogen) atoms.